The quantitative estimate of drug-likeness (QED) is 0.476. The first kappa shape index (κ1) is 13.4. The molecule has 0 fully saturated rings. The lowest BCUT2D eigenvalue weighted by Gasteiger charge is -2.08. The normalized spacial score (nSPS) is 10.8. The summed E-state index contributed by atoms with van der Waals surface area (Å²) in [6, 6.07) is 7.65. The highest BCUT2D eigenvalue weighted by Crippen LogP contribution is 2.12. The number of hydrogen-bond donors (Lipinski definition) is 2. The molecule has 92 valence electrons. The SMILES string of the molecule is CC(C)COc1ccc(C=NNC(N)=S)cc1. The molecule has 5 heteroatoms. The van der Waals surface area contributed by atoms with Gasteiger partial charge < -0.3 is 10.5 Å². The van der Waals surface area contributed by atoms with Crippen LogP contribution in [0.25, 0.3) is 0 Å². The summed E-state index contributed by atoms with van der Waals surface area (Å²) in [6.07, 6.45) is 1.64. The minimum absolute atomic E-state index is 0.151. The molecule has 0 bridgehead atoms. The fraction of sp³-hybridized carbons (Fsp3) is 0.333. The molecule has 1 rings (SSSR count). The highest BCUT2D eigenvalue weighted by atomic mass is 32.1. The fourth-order valence-corrected chi connectivity index (χ4v) is 1.14. The van der Waals surface area contributed by atoms with Crippen LogP contribution in [-0.4, -0.2) is 17.9 Å². The van der Waals surface area contributed by atoms with Crippen LogP contribution in [0.5, 0.6) is 5.75 Å². The number of ether oxygens (including phenoxy) is 1. The molecule has 0 saturated carbocycles. The Morgan fingerprint density at radius 3 is 2.65 bits per heavy atom. The molecule has 0 spiro atoms. The fourth-order valence-electron chi connectivity index (χ4n) is 1.08. The number of nitrogens with two attached hydrogens (primary N) is 1. The second-order valence-electron chi connectivity index (χ2n) is 4.01. The summed E-state index contributed by atoms with van der Waals surface area (Å²) < 4.78 is 5.56. The van der Waals surface area contributed by atoms with Gasteiger partial charge >= 0.3 is 0 Å². The van der Waals surface area contributed by atoms with Gasteiger partial charge in [0.05, 0.1) is 12.8 Å². The van der Waals surface area contributed by atoms with Crippen molar-refractivity contribution in [3.63, 3.8) is 0 Å². The van der Waals surface area contributed by atoms with Crippen LogP contribution in [0, 0.1) is 5.92 Å². The van der Waals surface area contributed by atoms with Crippen molar-refractivity contribution in [1.82, 2.24) is 5.43 Å². The Labute approximate surface area is 107 Å². The summed E-state index contributed by atoms with van der Waals surface area (Å²) in [5, 5.41) is 4.01. The molecule has 0 aliphatic carbocycles. The number of hydrazone groups is 1. The van der Waals surface area contributed by atoms with Crippen molar-refractivity contribution < 1.29 is 4.74 Å². The van der Waals surface area contributed by atoms with Crippen molar-refractivity contribution in [2.45, 2.75) is 13.8 Å². The number of hydrogen-bond acceptors (Lipinski definition) is 3. The van der Waals surface area contributed by atoms with E-state index in [-0.39, 0.29) is 5.11 Å². The molecule has 0 aliphatic heterocycles. The molecule has 3 N–H and O–H groups in total. The lowest BCUT2D eigenvalue weighted by Crippen LogP contribution is -2.23. The Bertz CT molecular complexity index is 387. The first-order chi connectivity index (χ1) is 8.08. The number of nitrogens with zero attached hydrogens (tertiary/aromatic N) is 1. The van der Waals surface area contributed by atoms with Gasteiger partial charge in [-0.25, -0.2) is 0 Å². The highest BCUT2D eigenvalue weighted by Gasteiger charge is 1.96. The van der Waals surface area contributed by atoms with Crippen LogP contribution >= 0.6 is 12.2 Å². The van der Waals surface area contributed by atoms with Crippen LogP contribution in [0.1, 0.15) is 19.4 Å². The summed E-state index contributed by atoms with van der Waals surface area (Å²) in [5.41, 5.74) is 8.68. The topological polar surface area (TPSA) is 59.6 Å². The Hall–Kier alpha value is -1.62. The first-order valence-electron chi connectivity index (χ1n) is 5.39. The maximum absolute atomic E-state index is 5.56. The molecule has 1 aromatic carbocycles. The molecule has 0 unspecified atom stereocenters. The number of benzene rings is 1. The minimum Gasteiger partial charge on any atom is -0.493 e. The average Bonchev–Trinajstić information content (AvgIpc) is 2.27. The molecule has 0 heterocycles. The molecule has 4 nitrogen and oxygen atoms in total. The second kappa shape index (κ2) is 6.85. The molecular formula is C12H17N3OS. The van der Waals surface area contributed by atoms with Crippen LogP contribution in [-0.2, 0) is 0 Å². The Morgan fingerprint density at radius 1 is 1.47 bits per heavy atom. The van der Waals surface area contributed by atoms with Crippen molar-refractivity contribution in [2.24, 2.45) is 16.8 Å². The van der Waals surface area contributed by atoms with Gasteiger partial charge in [0, 0.05) is 0 Å². The third-order valence-electron chi connectivity index (χ3n) is 1.85. The molecule has 0 saturated heterocycles. The Kier molecular flexibility index (Phi) is 5.42. The smallest absolute Gasteiger partial charge is 0.184 e. The molecular weight excluding hydrogens is 234 g/mol. The van der Waals surface area contributed by atoms with Crippen molar-refractivity contribution >= 4 is 23.5 Å². The monoisotopic (exact) mass is 251 g/mol. The van der Waals surface area contributed by atoms with E-state index in [2.05, 4.69) is 36.6 Å². The van der Waals surface area contributed by atoms with Gasteiger partial charge in [0.2, 0.25) is 0 Å². The standard InChI is InChI=1S/C12H17N3OS/c1-9(2)8-16-11-5-3-10(4-6-11)7-14-15-12(13)17/h3-7,9H,8H2,1-2H3,(H3,13,15,17). The zero-order chi connectivity index (χ0) is 12.7. The van der Waals surface area contributed by atoms with Crippen LogP contribution in [0.4, 0.5) is 0 Å². The first-order valence-corrected chi connectivity index (χ1v) is 5.80. The molecule has 17 heavy (non-hydrogen) atoms. The zero-order valence-electron chi connectivity index (χ0n) is 10.0. The van der Waals surface area contributed by atoms with Gasteiger partial charge in [0.15, 0.2) is 5.11 Å². The minimum atomic E-state index is 0.151. The second-order valence-corrected chi connectivity index (χ2v) is 4.45. The predicted molar refractivity (Wildman–Crippen MR) is 74.3 cm³/mol. The van der Waals surface area contributed by atoms with Crippen LogP contribution in [0.3, 0.4) is 0 Å². The van der Waals surface area contributed by atoms with Crippen LogP contribution < -0.4 is 15.9 Å². The zero-order valence-corrected chi connectivity index (χ0v) is 10.8. The summed E-state index contributed by atoms with van der Waals surface area (Å²) in [6.45, 7) is 4.95. The van der Waals surface area contributed by atoms with Crippen molar-refractivity contribution in [1.29, 1.82) is 0 Å². The van der Waals surface area contributed by atoms with E-state index >= 15 is 0 Å². The largest absolute Gasteiger partial charge is 0.493 e. The Morgan fingerprint density at radius 2 is 2.12 bits per heavy atom. The van der Waals surface area contributed by atoms with E-state index in [1.165, 1.54) is 0 Å². The number of rotatable bonds is 5. The third-order valence-corrected chi connectivity index (χ3v) is 1.94. The van der Waals surface area contributed by atoms with E-state index in [1.807, 2.05) is 24.3 Å². The number of nitrogens with one attached hydrogen (secondary N) is 1. The molecule has 0 amide bonds. The van der Waals surface area contributed by atoms with Gasteiger partial charge in [0.25, 0.3) is 0 Å². The van der Waals surface area contributed by atoms with Gasteiger partial charge in [0.1, 0.15) is 5.75 Å². The van der Waals surface area contributed by atoms with E-state index < -0.39 is 0 Å². The lowest BCUT2D eigenvalue weighted by atomic mass is 10.2. The van der Waals surface area contributed by atoms with E-state index in [1.54, 1.807) is 6.21 Å². The third kappa shape index (κ3) is 5.87. The predicted octanol–water partition coefficient (Wildman–Crippen LogP) is 1.89. The summed E-state index contributed by atoms with van der Waals surface area (Å²) in [4.78, 5) is 0. The molecule has 0 atom stereocenters. The summed E-state index contributed by atoms with van der Waals surface area (Å²) in [7, 11) is 0. The van der Waals surface area contributed by atoms with Crippen molar-refractivity contribution in [2.75, 3.05) is 6.61 Å². The van der Waals surface area contributed by atoms with Crippen molar-refractivity contribution in [3.05, 3.63) is 29.8 Å². The van der Waals surface area contributed by atoms with E-state index in [4.69, 9.17) is 10.5 Å². The van der Waals surface area contributed by atoms with Crippen molar-refractivity contribution in [3.8, 4) is 5.75 Å². The number of thiocarbonyl (C=S) groups is 1. The van der Waals surface area contributed by atoms with Gasteiger partial charge in [-0.15, -0.1) is 0 Å². The summed E-state index contributed by atoms with van der Waals surface area (Å²) >= 11 is 4.62. The van der Waals surface area contributed by atoms with Crippen LogP contribution in [0.15, 0.2) is 29.4 Å². The molecule has 0 aliphatic rings. The maximum atomic E-state index is 5.56. The van der Waals surface area contributed by atoms with Gasteiger partial charge in [-0.1, -0.05) is 13.8 Å². The van der Waals surface area contributed by atoms with Gasteiger partial charge in [-0.3, -0.25) is 5.43 Å². The lowest BCUT2D eigenvalue weighted by molar-refractivity contribution is 0.271. The van der Waals surface area contributed by atoms with Crippen LogP contribution in [0.2, 0.25) is 0 Å². The molecule has 0 radical (unpaired) electrons. The van der Waals surface area contributed by atoms with E-state index in [0.717, 1.165) is 17.9 Å². The van der Waals surface area contributed by atoms with Gasteiger partial charge in [-0.05, 0) is 48.0 Å². The van der Waals surface area contributed by atoms with Gasteiger partial charge in [-0.2, -0.15) is 5.10 Å². The highest BCUT2D eigenvalue weighted by molar-refractivity contribution is 7.80. The van der Waals surface area contributed by atoms with E-state index in [9.17, 15) is 0 Å². The molecule has 1 aromatic rings. The van der Waals surface area contributed by atoms with E-state index in [0.29, 0.717) is 5.92 Å². The summed E-state index contributed by atoms with van der Waals surface area (Å²) in [5.74, 6) is 1.38. The Balaban J connectivity index is 2.50. The average molecular weight is 251 g/mol. The maximum Gasteiger partial charge on any atom is 0.184 e. The molecule has 0 aromatic heterocycles.